The summed E-state index contributed by atoms with van der Waals surface area (Å²) in [7, 11) is 0. The van der Waals surface area contributed by atoms with Crippen molar-refractivity contribution in [3.05, 3.63) is 35.5 Å². The second-order valence-corrected chi connectivity index (χ2v) is 6.37. The van der Waals surface area contributed by atoms with Crippen LogP contribution in [0.5, 0.6) is 5.75 Å². The Morgan fingerprint density at radius 1 is 1.48 bits per heavy atom. The molecule has 1 aromatic heterocycles. The molecule has 2 N–H and O–H groups in total. The lowest BCUT2D eigenvalue weighted by molar-refractivity contribution is -0.133. The summed E-state index contributed by atoms with van der Waals surface area (Å²) in [4.78, 5) is 18.6. The van der Waals surface area contributed by atoms with Gasteiger partial charge in [0.1, 0.15) is 11.3 Å². The van der Waals surface area contributed by atoms with Gasteiger partial charge in [0.2, 0.25) is 0 Å². The van der Waals surface area contributed by atoms with Crippen LogP contribution in [-0.4, -0.2) is 41.5 Å². The Bertz CT molecular complexity index is 722. The van der Waals surface area contributed by atoms with Crippen LogP contribution in [0.25, 0.3) is 10.9 Å². The SMILES string of the molecule is CC1CC(CN)CN1C(=O)COc1ccc(Cl)c2cccnc12. The van der Waals surface area contributed by atoms with Crippen molar-refractivity contribution in [1.82, 2.24) is 9.88 Å². The minimum Gasteiger partial charge on any atom is -0.481 e. The van der Waals surface area contributed by atoms with Crippen molar-refractivity contribution < 1.29 is 9.53 Å². The number of nitrogens with two attached hydrogens (primary N) is 1. The number of pyridine rings is 1. The van der Waals surface area contributed by atoms with Crippen LogP contribution in [0.3, 0.4) is 0 Å². The molecule has 0 radical (unpaired) electrons. The van der Waals surface area contributed by atoms with Crippen molar-refractivity contribution in [2.24, 2.45) is 11.7 Å². The van der Waals surface area contributed by atoms with Crippen LogP contribution < -0.4 is 10.5 Å². The Kier molecular flexibility index (Phi) is 4.68. The molecule has 0 spiro atoms. The predicted molar refractivity (Wildman–Crippen MR) is 90.6 cm³/mol. The maximum absolute atomic E-state index is 12.4. The Morgan fingerprint density at radius 3 is 3.04 bits per heavy atom. The maximum atomic E-state index is 12.4. The molecule has 6 heteroatoms. The first-order valence-electron chi connectivity index (χ1n) is 7.75. The van der Waals surface area contributed by atoms with E-state index in [9.17, 15) is 4.79 Å². The fraction of sp³-hybridized carbons (Fsp3) is 0.412. The van der Waals surface area contributed by atoms with Crippen LogP contribution in [0.4, 0.5) is 0 Å². The van der Waals surface area contributed by atoms with Gasteiger partial charge >= 0.3 is 0 Å². The van der Waals surface area contributed by atoms with E-state index >= 15 is 0 Å². The minimum atomic E-state index is -0.0209. The first kappa shape index (κ1) is 16.0. The lowest BCUT2D eigenvalue weighted by atomic mass is 10.1. The summed E-state index contributed by atoms with van der Waals surface area (Å²) in [5, 5.41) is 1.43. The van der Waals surface area contributed by atoms with E-state index in [4.69, 9.17) is 22.1 Å². The first-order chi connectivity index (χ1) is 11.1. The summed E-state index contributed by atoms with van der Waals surface area (Å²) in [5.41, 5.74) is 6.38. The van der Waals surface area contributed by atoms with Crippen LogP contribution in [-0.2, 0) is 4.79 Å². The van der Waals surface area contributed by atoms with E-state index < -0.39 is 0 Å². The fourth-order valence-electron chi connectivity index (χ4n) is 3.11. The number of fused-ring (bicyclic) bond motifs is 1. The molecule has 122 valence electrons. The average Bonchev–Trinajstić information content (AvgIpc) is 2.95. The Morgan fingerprint density at radius 2 is 2.30 bits per heavy atom. The number of nitrogens with zero attached hydrogens (tertiary/aromatic N) is 2. The number of halogens is 1. The molecule has 2 atom stereocenters. The molecule has 1 aliphatic rings. The summed E-state index contributed by atoms with van der Waals surface area (Å²) < 4.78 is 5.72. The molecular weight excluding hydrogens is 314 g/mol. The summed E-state index contributed by atoms with van der Waals surface area (Å²) >= 11 is 6.16. The molecule has 1 amide bonds. The number of rotatable bonds is 4. The highest BCUT2D eigenvalue weighted by Crippen LogP contribution is 2.30. The summed E-state index contributed by atoms with van der Waals surface area (Å²) in [6.45, 7) is 3.36. The minimum absolute atomic E-state index is 0.00502. The van der Waals surface area contributed by atoms with E-state index in [2.05, 4.69) is 4.98 Å². The molecule has 1 aromatic carbocycles. The smallest absolute Gasteiger partial charge is 0.260 e. The van der Waals surface area contributed by atoms with Crippen LogP contribution >= 0.6 is 11.6 Å². The molecular formula is C17H20ClN3O2. The number of ether oxygens (including phenoxy) is 1. The molecule has 2 aromatic rings. The molecule has 0 saturated carbocycles. The largest absolute Gasteiger partial charge is 0.481 e. The highest BCUT2D eigenvalue weighted by atomic mass is 35.5. The third-order valence-electron chi connectivity index (χ3n) is 4.35. The fourth-order valence-corrected chi connectivity index (χ4v) is 3.33. The molecule has 1 fully saturated rings. The lowest BCUT2D eigenvalue weighted by Crippen LogP contribution is -2.37. The van der Waals surface area contributed by atoms with Crippen molar-refractivity contribution in [1.29, 1.82) is 0 Å². The van der Waals surface area contributed by atoms with Gasteiger partial charge in [-0.2, -0.15) is 0 Å². The van der Waals surface area contributed by atoms with Crippen molar-refractivity contribution in [2.75, 3.05) is 19.7 Å². The van der Waals surface area contributed by atoms with Crippen molar-refractivity contribution in [2.45, 2.75) is 19.4 Å². The molecule has 1 saturated heterocycles. The van der Waals surface area contributed by atoms with Gasteiger partial charge in [0.25, 0.3) is 5.91 Å². The molecule has 2 heterocycles. The molecule has 1 aliphatic heterocycles. The Balaban J connectivity index is 1.72. The second kappa shape index (κ2) is 6.72. The Labute approximate surface area is 140 Å². The van der Waals surface area contributed by atoms with E-state index in [1.807, 2.05) is 24.0 Å². The zero-order valence-electron chi connectivity index (χ0n) is 13.0. The monoisotopic (exact) mass is 333 g/mol. The standard InChI is InChI=1S/C17H20ClN3O2/c1-11-7-12(8-19)9-21(11)16(22)10-23-15-5-4-14(18)13-3-2-6-20-17(13)15/h2-6,11-12H,7-10,19H2,1H3. The predicted octanol–water partition coefficient (Wildman–Crippen LogP) is 2.46. The number of carbonyl (C=O) groups is 1. The first-order valence-corrected chi connectivity index (χ1v) is 8.13. The van der Waals surface area contributed by atoms with Gasteiger partial charge in [-0.05, 0) is 50.1 Å². The number of hydrogen-bond acceptors (Lipinski definition) is 4. The zero-order chi connectivity index (χ0) is 16.4. The third-order valence-corrected chi connectivity index (χ3v) is 4.68. The molecule has 5 nitrogen and oxygen atoms in total. The zero-order valence-corrected chi connectivity index (χ0v) is 13.8. The van der Waals surface area contributed by atoms with Crippen molar-refractivity contribution >= 4 is 28.4 Å². The van der Waals surface area contributed by atoms with Gasteiger partial charge in [-0.3, -0.25) is 9.78 Å². The van der Waals surface area contributed by atoms with E-state index in [1.54, 1.807) is 18.3 Å². The van der Waals surface area contributed by atoms with Gasteiger partial charge in [0.15, 0.2) is 6.61 Å². The highest BCUT2D eigenvalue weighted by Gasteiger charge is 2.31. The van der Waals surface area contributed by atoms with Crippen LogP contribution in [0.15, 0.2) is 30.5 Å². The Hall–Kier alpha value is -1.85. The van der Waals surface area contributed by atoms with Gasteiger partial charge in [-0.1, -0.05) is 11.6 Å². The van der Waals surface area contributed by atoms with Crippen LogP contribution in [0.2, 0.25) is 5.02 Å². The van der Waals surface area contributed by atoms with Gasteiger partial charge in [-0.15, -0.1) is 0 Å². The van der Waals surface area contributed by atoms with E-state index in [-0.39, 0.29) is 18.6 Å². The quantitative estimate of drug-likeness (QED) is 0.933. The van der Waals surface area contributed by atoms with Gasteiger partial charge in [0, 0.05) is 24.2 Å². The normalized spacial score (nSPS) is 20.9. The molecule has 0 aliphatic carbocycles. The van der Waals surface area contributed by atoms with Crippen LogP contribution in [0.1, 0.15) is 13.3 Å². The molecule has 3 rings (SSSR count). The van der Waals surface area contributed by atoms with Crippen molar-refractivity contribution in [3.63, 3.8) is 0 Å². The average molecular weight is 334 g/mol. The van der Waals surface area contributed by atoms with E-state index in [0.29, 0.717) is 35.3 Å². The van der Waals surface area contributed by atoms with Gasteiger partial charge in [-0.25, -0.2) is 0 Å². The number of hydrogen-bond donors (Lipinski definition) is 1. The lowest BCUT2D eigenvalue weighted by Gasteiger charge is -2.21. The van der Waals surface area contributed by atoms with Crippen molar-refractivity contribution in [3.8, 4) is 5.75 Å². The maximum Gasteiger partial charge on any atom is 0.260 e. The number of carbonyl (C=O) groups excluding carboxylic acids is 1. The molecule has 2 unspecified atom stereocenters. The summed E-state index contributed by atoms with van der Waals surface area (Å²) in [6, 6.07) is 7.42. The van der Waals surface area contributed by atoms with Gasteiger partial charge in [0.05, 0.1) is 5.02 Å². The molecule has 0 bridgehead atoms. The third kappa shape index (κ3) is 3.26. The van der Waals surface area contributed by atoms with Crippen LogP contribution in [0, 0.1) is 5.92 Å². The van der Waals surface area contributed by atoms with E-state index in [0.717, 1.165) is 11.8 Å². The molecule has 23 heavy (non-hydrogen) atoms. The number of aromatic nitrogens is 1. The van der Waals surface area contributed by atoms with E-state index in [1.165, 1.54) is 0 Å². The summed E-state index contributed by atoms with van der Waals surface area (Å²) in [5.74, 6) is 0.931. The number of amides is 1. The topological polar surface area (TPSA) is 68.5 Å². The highest BCUT2D eigenvalue weighted by molar-refractivity contribution is 6.35. The number of benzene rings is 1. The van der Waals surface area contributed by atoms with Gasteiger partial charge < -0.3 is 15.4 Å². The second-order valence-electron chi connectivity index (χ2n) is 5.97. The number of likely N-dealkylation sites (tertiary alicyclic amines) is 1. The summed E-state index contributed by atoms with van der Waals surface area (Å²) in [6.07, 6.45) is 2.63.